The zero-order valence-electron chi connectivity index (χ0n) is 9.74. The standard InChI is InChI=1S/C12H12Cl2O3S/c1-2-17-12(16)7-18-6-11(15)8-3-4-9(13)10(14)5-8/h3-5H,2,6-7H2,1H3. The molecule has 0 saturated carbocycles. The Morgan fingerprint density at radius 3 is 2.56 bits per heavy atom. The molecular formula is C12H12Cl2O3S. The number of ketones is 1. The molecule has 0 saturated heterocycles. The summed E-state index contributed by atoms with van der Waals surface area (Å²) < 4.78 is 4.75. The third-order valence-corrected chi connectivity index (χ3v) is 3.65. The number of hydrogen-bond acceptors (Lipinski definition) is 4. The minimum atomic E-state index is -0.315. The zero-order valence-corrected chi connectivity index (χ0v) is 12.1. The second-order valence-electron chi connectivity index (χ2n) is 3.35. The minimum absolute atomic E-state index is 0.0946. The van der Waals surface area contributed by atoms with E-state index in [2.05, 4.69) is 0 Å². The van der Waals surface area contributed by atoms with E-state index in [-0.39, 0.29) is 23.3 Å². The number of hydrogen-bond donors (Lipinski definition) is 0. The van der Waals surface area contributed by atoms with E-state index >= 15 is 0 Å². The van der Waals surface area contributed by atoms with Crippen molar-refractivity contribution in [2.24, 2.45) is 0 Å². The first-order chi connectivity index (χ1) is 8.54. The minimum Gasteiger partial charge on any atom is -0.465 e. The molecule has 0 spiro atoms. The summed E-state index contributed by atoms with van der Waals surface area (Å²) in [6, 6.07) is 4.71. The van der Waals surface area contributed by atoms with Crippen LogP contribution < -0.4 is 0 Å². The fourth-order valence-corrected chi connectivity index (χ4v) is 2.18. The van der Waals surface area contributed by atoms with Crippen molar-refractivity contribution in [3.63, 3.8) is 0 Å². The van der Waals surface area contributed by atoms with E-state index in [1.807, 2.05) is 0 Å². The van der Waals surface area contributed by atoms with Crippen LogP contribution in [-0.2, 0) is 9.53 Å². The molecule has 0 aliphatic carbocycles. The van der Waals surface area contributed by atoms with Crippen LogP contribution in [0, 0.1) is 0 Å². The molecule has 1 rings (SSSR count). The largest absolute Gasteiger partial charge is 0.465 e. The molecule has 6 heteroatoms. The van der Waals surface area contributed by atoms with Crippen LogP contribution in [0.5, 0.6) is 0 Å². The van der Waals surface area contributed by atoms with Gasteiger partial charge in [0.2, 0.25) is 0 Å². The molecule has 3 nitrogen and oxygen atoms in total. The number of esters is 1. The maximum Gasteiger partial charge on any atom is 0.315 e. The van der Waals surface area contributed by atoms with Crippen molar-refractivity contribution >= 4 is 46.7 Å². The summed E-state index contributed by atoms with van der Waals surface area (Å²) in [6.45, 7) is 2.09. The summed E-state index contributed by atoms with van der Waals surface area (Å²) in [6.07, 6.45) is 0. The highest BCUT2D eigenvalue weighted by Gasteiger charge is 2.10. The average molecular weight is 307 g/mol. The number of carbonyl (C=O) groups excluding carboxylic acids is 2. The Balaban J connectivity index is 2.45. The van der Waals surface area contributed by atoms with Crippen molar-refractivity contribution in [1.82, 2.24) is 0 Å². The molecule has 18 heavy (non-hydrogen) atoms. The third-order valence-electron chi connectivity index (χ3n) is 2.00. The van der Waals surface area contributed by atoms with E-state index in [1.54, 1.807) is 19.1 Å². The van der Waals surface area contributed by atoms with E-state index in [4.69, 9.17) is 27.9 Å². The van der Waals surface area contributed by atoms with Gasteiger partial charge >= 0.3 is 5.97 Å². The lowest BCUT2D eigenvalue weighted by Crippen LogP contribution is -2.10. The van der Waals surface area contributed by atoms with Crippen LogP contribution in [-0.4, -0.2) is 29.9 Å². The smallest absolute Gasteiger partial charge is 0.315 e. The van der Waals surface area contributed by atoms with Crippen molar-refractivity contribution in [1.29, 1.82) is 0 Å². The van der Waals surface area contributed by atoms with Gasteiger partial charge < -0.3 is 4.74 Å². The predicted octanol–water partition coefficient (Wildman–Crippen LogP) is 3.47. The lowest BCUT2D eigenvalue weighted by Gasteiger charge is -2.03. The molecule has 0 radical (unpaired) electrons. The maximum atomic E-state index is 11.8. The van der Waals surface area contributed by atoms with Crippen LogP contribution in [0.25, 0.3) is 0 Å². The highest BCUT2D eigenvalue weighted by molar-refractivity contribution is 8.00. The van der Waals surface area contributed by atoms with Crippen LogP contribution in [0.2, 0.25) is 10.0 Å². The second-order valence-corrected chi connectivity index (χ2v) is 5.15. The molecule has 0 amide bonds. The van der Waals surface area contributed by atoms with Crippen LogP contribution in [0.3, 0.4) is 0 Å². The normalized spacial score (nSPS) is 10.2. The van der Waals surface area contributed by atoms with Gasteiger partial charge in [-0.15, -0.1) is 11.8 Å². The number of Topliss-reactive ketones (excluding diaryl/α,β-unsaturated/α-hetero) is 1. The van der Waals surface area contributed by atoms with E-state index in [0.29, 0.717) is 22.2 Å². The fraction of sp³-hybridized carbons (Fsp3) is 0.333. The molecule has 0 heterocycles. The van der Waals surface area contributed by atoms with Gasteiger partial charge in [0.25, 0.3) is 0 Å². The lowest BCUT2D eigenvalue weighted by atomic mass is 10.1. The third kappa shape index (κ3) is 4.88. The van der Waals surface area contributed by atoms with Crippen molar-refractivity contribution in [3.05, 3.63) is 33.8 Å². The molecule has 0 aliphatic rings. The Hall–Kier alpha value is -0.710. The number of halogens is 2. The van der Waals surface area contributed by atoms with Crippen LogP contribution in [0.1, 0.15) is 17.3 Å². The van der Waals surface area contributed by atoms with Gasteiger partial charge in [-0.3, -0.25) is 9.59 Å². The predicted molar refractivity (Wildman–Crippen MR) is 74.8 cm³/mol. The van der Waals surface area contributed by atoms with E-state index in [1.165, 1.54) is 17.8 Å². The van der Waals surface area contributed by atoms with Gasteiger partial charge in [0.05, 0.1) is 28.2 Å². The molecule has 0 bridgehead atoms. The first kappa shape index (κ1) is 15.3. The van der Waals surface area contributed by atoms with Gasteiger partial charge in [0.15, 0.2) is 5.78 Å². The van der Waals surface area contributed by atoms with Gasteiger partial charge in [-0.1, -0.05) is 23.2 Å². The van der Waals surface area contributed by atoms with Gasteiger partial charge in [0.1, 0.15) is 0 Å². The molecule has 0 N–H and O–H groups in total. The molecule has 98 valence electrons. The summed E-state index contributed by atoms with van der Waals surface area (Å²) >= 11 is 12.8. The van der Waals surface area contributed by atoms with Gasteiger partial charge in [0, 0.05) is 5.56 Å². The van der Waals surface area contributed by atoms with Gasteiger partial charge in [-0.2, -0.15) is 0 Å². The number of thioether (sulfide) groups is 1. The Morgan fingerprint density at radius 1 is 1.22 bits per heavy atom. The van der Waals surface area contributed by atoms with E-state index in [0.717, 1.165) is 0 Å². The highest BCUT2D eigenvalue weighted by atomic mass is 35.5. The molecule has 0 unspecified atom stereocenters. The van der Waals surface area contributed by atoms with Crippen molar-refractivity contribution < 1.29 is 14.3 Å². The van der Waals surface area contributed by atoms with Crippen molar-refractivity contribution in [2.45, 2.75) is 6.92 Å². The number of benzene rings is 1. The SMILES string of the molecule is CCOC(=O)CSCC(=O)c1ccc(Cl)c(Cl)c1. The van der Waals surface area contributed by atoms with Crippen LogP contribution in [0.15, 0.2) is 18.2 Å². The fourth-order valence-electron chi connectivity index (χ4n) is 1.18. The maximum absolute atomic E-state index is 11.8. The van der Waals surface area contributed by atoms with Gasteiger partial charge in [-0.05, 0) is 25.1 Å². The Labute approximate surface area is 120 Å². The summed E-state index contributed by atoms with van der Waals surface area (Å²) in [5.74, 6) is -0.0372. The average Bonchev–Trinajstić information content (AvgIpc) is 2.33. The monoisotopic (exact) mass is 306 g/mol. The van der Waals surface area contributed by atoms with E-state index in [9.17, 15) is 9.59 Å². The van der Waals surface area contributed by atoms with E-state index < -0.39 is 0 Å². The lowest BCUT2D eigenvalue weighted by molar-refractivity contribution is -0.139. The quantitative estimate of drug-likeness (QED) is 0.596. The Bertz CT molecular complexity index is 449. The molecule has 1 aromatic rings. The number of ether oxygens (including phenoxy) is 1. The number of rotatable bonds is 6. The highest BCUT2D eigenvalue weighted by Crippen LogP contribution is 2.23. The molecule has 0 fully saturated rings. The first-order valence-electron chi connectivity index (χ1n) is 5.26. The zero-order chi connectivity index (χ0) is 13.5. The molecular weight excluding hydrogens is 295 g/mol. The molecule has 0 aromatic heterocycles. The van der Waals surface area contributed by atoms with Crippen molar-refractivity contribution in [2.75, 3.05) is 18.1 Å². The molecule has 0 aliphatic heterocycles. The molecule has 1 aromatic carbocycles. The van der Waals surface area contributed by atoms with Crippen molar-refractivity contribution in [3.8, 4) is 0 Å². The molecule has 0 atom stereocenters. The summed E-state index contributed by atoms with van der Waals surface area (Å²) in [5, 5.41) is 0.755. The topological polar surface area (TPSA) is 43.4 Å². The Kier molecular flexibility index (Phi) is 6.54. The summed E-state index contributed by atoms with van der Waals surface area (Å²) in [5.41, 5.74) is 0.487. The van der Waals surface area contributed by atoms with Crippen LogP contribution in [0.4, 0.5) is 0 Å². The second kappa shape index (κ2) is 7.67. The first-order valence-corrected chi connectivity index (χ1v) is 7.17. The summed E-state index contributed by atoms with van der Waals surface area (Å²) in [7, 11) is 0. The van der Waals surface area contributed by atoms with Crippen LogP contribution >= 0.6 is 35.0 Å². The van der Waals surface area contributed by atoms with Gasteiger partial charge in [-0.25, -0.2) is 0 Å². The number of carbonyl (C=O) groups is 2. The summed E-state index contributed by atoms with van der Waals surface area (Å²) in [4.78, 5) is 22.8. The Morgan fingerprint density at radius 2 is 1.94 bits per heavy atom.